The Balaban J connectivity index is 1.48. The Bertz CT molecular complexity index is 1520. The zero-order valence-electron chi connectivity index (χ0n) is 21.9. The highest BCUT2D eigenvalue weighted by Crippen LogP contribution is 2.45. The van der Waals surface area contributed by atoms with E-state index in [4.69, 9.17) is 10.2 Å². The molecule has 1 aliphatic carbocycles. The second-order valence-corrected chi connectivity index (χ2v) is 10.7. The number of hydrogen-bond acceptors (Lipinski definition) is 4. The lowest BCUT2D eigenvalue weighted by Crippen LogP contribution is -2.43. The highest BCUT2D eigenvalue weighted by Gasteiger charge is 2.37. The van der Waals surface area contributed by atoms with Crippen LogP contribution in [0.15, 0.2) is 73.1 Å². The Kier molecular flexibility index (Phi) is 6.57. The van der Waals surface area contributed by atoms with Gasteiger partial charge in [-0.25, -0.2) is 8.78 Å². The summed E-state index contributed by atoms with van der Waals surface area (Å²) < 4.78 is 33.4. The smallest absolute Gasteiger partial charge is 0.171 e. The summed E-state index contributed by atoms with van der Waals surface area (Å²) >= 11 is 0. The second kappa shape index (κ2) is 10.1. The molecule has 200 valence electrons. The van der Waals surface area contributed by atoms with Crippen molar-refractivity contribution in [3.63, 3.8) is 0 Å². The number of fused-ring (bicyclic) bond motifs is 1. The molecule has 0 amide bonds. The van der Waals surface area contributed by atoms with Crippen LogP contribution in [0.3, 0.4) is 0 Å². The first kappa shape index (κ1) is 25.5. The van der Waals surface area contributed by atoms with Crippen LogP contribution in [0, 0.1) is 11.6 Å². The van der Waals surface area contributed by atoms with Gasteiger partial charge in [0.1, 0.15) is 11.6 Å². The summed E-state index contributed by atoms with van der Waals surface area (Å²) in [5, 5.41) is 22.6. The predicted octanol–water partition coefficient (Wildman–Crippen LogP) is 6.11. The van der Waals surface area contributed by atoms with E-state index in [-0.39, 0.29) is 17.2 Å². The number of rotatable bonds is 6. The van der Waals surface area contributed by atoms with E-state index in [0.717, 1.165) is 40.4 Å². The molecule has 4 aromatic rings. The Morgan fingerprint density at radius 3 is 2.31 bits per heavy atom. The summed E-state index contributed by atoms with van der Waals surface area (Å²) in [7, 11) is 1.87. The number of aromatic nitrogens is 2. The van der Waals surface area contributed by atoms with E-state index in [0.29, 0.717) is 5.92 Å². The molecule has 1 aromatic heterocycles. The monoisotopic (exact) mass is 527 g/mol. The first-order valence-corrected chi connectivity index (χ1v) is 13.3. The Morgan fingerprint density at radius 1 is 0.974 bits per heavy atom. The number of aryl methyl sites for hydroxylation is 1. The van der Waals surface area contributed by atoms with Crippen LogP contribution < -0.4 is 4.90 Å². The summed E-state index contributed by atoms with van der Waals surface area (Å²) in [4.78, 5) is 2.12. The minimum Gasteiger partial charge on any atom is -0.365 e. The lowest BCUT2D eigenvalue weighted by molar-refractivity contribution is 0.00303. The van der Waals surface area contributed by atoms with E-state index in [9.17, 15) is 0 Å². The van der Waals surface area contributed by atoms with Crippen LogP contribution in [-0.4, -0.2) is 32.3 Å². The zero-order valence-corrected chi connectivity index (χ0v) is 21.9. The van der Waals surface area contributed by atoms with Crippen LogP contribution in [0.25, 0.3) is 17.2 Å². The molecule has 2 aliphatic rings. The molecule has 0 spiro atoms. The molecule has 2 atom stereocenters. The van der Waals surface area contributed by atoms with Crippen LogP contribution >= 0.6 is 0 Å². The van der Waals surface area contributed by atoms with Gasteiger partial charge in [0, 0.05) is 30.5 Å². The maximum absolute atomic E-state index is 15.8. The van der Waals surface area contributed by atoms with E-state index in [1.165, 1.54) is 36.6 Å². The van der Waals surface area contributed by atoms with Crippen molar-refractivity contribution in [1.82, 2.24) is 9.78 Å². The fourth-order valence-corrected chi connectivity index (χ4v) is 5.81. The molecule has 0 saturated heterocycles. The number of anilines is 1. The summed E-state index contributed by atoms with van der Waals surface area (Å²) in [5.41, 5.74) is 6.33. The lowest BCUT2D eigenvalue weighted by Gasteiger charge is -2.44. The van der Waals surface area contributed by atoms with Crippen molar-refractivity contribution in [1.29, 1.82) is 0 Å². The van der Waals surface area contributed by atoms with Gasteiger partial charge in [-0.2, -0.15) is 5.10 Å². The van der Waals surface area contributed by atoms with Gasteiger partial charge >= 0.3 is 0 Å². The van der Waals surface area contributed by atoms with Gasteiger partial charge in [-0.3, -0.25) is 4.68 Å². The van der Waals surface area contributed by atoms with Crippen LogP contribution in [0.5, 0.6) is 0 Å². The third-order valence-corrected chi connectivity index (χ3v) is 7.82. The summed E-state index contributed by atoms with van der Waals surface area (Å²) in [6, 6.07) is 16.3. The standard InChI is InChI=1S/C32H31F2N3O2/c1-19-13-24-16-23(25-17-35-36(2)18-25)8-11-27(24)32(37(19)26-9-6-22(7-10-26)21-4-5-21)31-28(33)14-20(15-29(31)34)3-12-30(38)39/h3,6-12,14-19,21,30,32,38-39H,4-5,13H2,1-2H3/b12-3+. The van der Waals surface area contributed by atoms with Gasteiger partial charge in [0.15, 0.2) is 6.29 Å². The topological polar surface area (TPSA) is 61.5 Å². The number of halogens is 2. The lowest BCUT2D eigenvalue weighted by atomic mass is 9.82. The molecule has 39 heavy (non-hydrogen) atoms. The average molecular weight is 528 g/mol. The fraction of sp³-hybridized carbons (Fsp3) is 0.281. The van der Waals surface area contributed by atoms with Crippen molar-refractivity contribution < 1.29 is 19.0 Å². The third kappa shape index (κ3) is 5.00. The third-order valence-electron chi connectivity index (χ3n) is 7.82. The maximum Gasteiger partial charge on any atom is 0.171 e. The Labute approximate surface area is 226 Å². The molecular weight excluding hydrogens is 496 g/mol. The molecular formula is C32H31F2N3O2. The van der Waals surface area contributed by atoms with Crippen molar-refractivity contribution >= 4 is 11.8 Å². The first-order valence-electron chi connectivity index (χ1n) is 13.3. The number of hydrogen-bond donors (Lipinski definition) is 2. The zero-order chi connectivity index (χ0) is 27.3. The largest absolute Gasteiger partial charge is 0.365 e. The van der Waals surface area contributed by atoms with E-state index in [1.54, 1.807) is 4.68 Å². The van der Waals surface area contributed by atoms with E-state index >= 15 is 8.78 Å². The SMILES string of the molecule is CC1Cc2cc(-c3cnn(C)c3)ccc2C(c2c(F)cc(/C=C/C(O)O)cc2F)N1c1ccc(C2CC2)cc1. The van der Waals surface area contributed by atoms with Crippen LogP contribution in [0.1, 0.15) is 59.5 Å². The molecule has 1 aliphatic heterocycles. The van der Waals surface area contributed by atoms with Crippen LogP contribution in [0.4, 0.5) is 14.5 Å². The van der Waals surface area contributed by atoms with Gasteiger partial charge < -0.3 is 15.1 Å². The molecule has 2 unspecified atom stereocenters. The molecule has 3 aromatic carbocycles. The predicted molar refractivity (Wildman–Crippen MR) is 148 cm³/mol. The van der Waals surface area contributed by atoms with Gasteiger partial charge in [0.2, 0.25) is 0 Å². The Hall–Kier alpha value is -3.81. The Morgan fingerprint density at radius 2 is 1.69 bits per heavy atom. The molecule has 1 saturated carbocycles. The van der Waals surface area contributed by atoms with Crippen molar-refractivity contribution in [3.05, 3.63) is 113 Å². The number of aliphatic hydroxyl groups excluding tert-OH is 1. The minimum atomic E-state index is -1.70. The minimum absolute atomic E-state index is 0.0232. The summed E-state index contributed by atoms with van der Waals surface area (Å²) in [6.07, 6.45) is 7.57. The molecule has 7 heteroatoms. The molecule has 2 heterocycles. The molecule has 1 fully saturated rings. The molecule has 0 bridgehead atoms. The first-order chi connectivity index (χ1) is 18.8. The van der Waals surface area contributed by atoms with Crippen molar-refractivity contribution in [2.24, 2.45) is 7.05 Å². The van der Waals surface area contributed by atoms with Crippen LogP contribution in [-0.2, 0) is 13.5 Å². The molecule has 2 N–H and O–H groups in total. The maximum atomic E-state index is 15.8. The molecule has 5 nitrogen and oxygen atoms in total. The van der Waals surface area contributed by atoms with Gasteiger partial charge in [-0.05, 0) is 90.3 Å². The normalized spacial score (nSPS) is 19.2. The molecule has 6 rings (SSSR count). The van der Waals surface area contributed by atoms with Crippen molar-refractivity contribution in [2.45, 2.75) is 50.5 Å². The van der Waals surface area contributed by atoms with Gasteiger partial charge in [-0.15, -0.1) is 0 Å². The van der Waals surface area contributed by atoms with Gasteiger partial charge in [0.25, 0.3) is 0 Å². The van der Waals surface area contributed by atoms with E-state index < -0.39 is 24.0 Å². The number of nitrogens with zero attached hydrogens (tertiary/aromatic N) is 3. The molecule has 0 radical (unpaired) electrons. The van der Waals surface area contributed by atoms with E-state index in [1.807, 2.05) is 31.6 Å². The second-order valence-electron chi connectivity index (χ2n) is 10.7. The summed E-state index contributed by atoms with van der Waals surface area (Å²) in [6.45, 7) is 2.09. The highest BCUT2D eigenvalue weighted by atomic mass is 19.1. The van der Waals surface area contributed by atoms with Gasteiger partial charge in [0.05, 0.1) is 17.8 Å². The quantitative estimate of drug-likeness (QED) is 0.297. The average Bonchev–Trinajstić information content (AvgIpc) is 3.66. The number of benzene rings is 3. The summed E-state index contributed by atoms with van der Waals surface area (Å²) in [5.74, 6) is -0.737. The van der Waals surface area contributed by atoms with Gasteiger partial charge in [-0.1, -0.05) is 36.4 Å². The highest BCUT2D eigenvalue weighted by molar-refractivity contribution is 5.67. The van der Waals surface area contributed by atoms with Crippen LogP contribution in [0.2, 0.25) is 0 Å². The van der Waals surface area contributed by atoms with E-state index in [2.05, 4.69) is 47.3 Å². The number of aliphatic hydroxyl groups is 2. The fourth-order valence-electron chi connectivity index (χ4n) is 5.81. The van der Waals surface area contributed by atoms with Crippen molar-refractivity contribution in [3.8, 4) is 11.1 Å². The van der Waals surface area contributed by atoms with Crippen molar-refractivity contribution in [2.75, 3.05) is 4.90 Å².